The highest BCUT2D eigenvalue weighted by atomic mass is 127. The Hall–Kier alpha value is -0.100. The average Bonchev–Trinajstić information content (AvgIpc) is 2.66. The molecule has 1 saturated carbocycles. The van der Waals surface area contributed by atoms with E-state index in [1.165, 1.54) is 0 Å². The maximum absolute atomic E-state index is 12.2. The Kier molecular flexibility index (Phi) is 3.35. The fraction of sp³-hybridized carbons (Fsp3) is 0.455. The Morgan fingerprint density at radius 1 is 1.13 bits per heavy atom. The second-order valence-corrected chi connectivity index (χ2v) is 7.61. The van der Waals surface area contributed by atoms with E-state index in [-0.39, 0.29) is 9.17 Å². The zero-order chi connectivity index (χ0) is 10.9. The number of rotatable bonds is 2. The van der Waals surface area contributed by atoms with Gasteiger partial charge in [0.15, 0.2) is 9.84 Å². The summed E-state index contributed by atoms with van der Waals surface area (Å²) in [6.45, 7) is 0. The standard InChI is InChI=1S/C11H13IO2S/c12-10-7-4-8-11(10)15(13,14)9-5-2-1-3-6-9/h1-3,5-6,10-11H,4,7-8H2. The highest BCUT2D eigenvalue weighted by Gasteiger charge is 2.36. The molecule has 4 heteroatoms. The lowest BCUT2D eigenvalue weighted by Gasteiger charge is -2.14. The molecule has 0 radical (unpaired) electrons. The number of alkyl halides is 1. The van der Waals surface area contributed by atoms with Gasteiger partial charge in [0, 0.05) is 3.92 Å². The van der Waals surface area contributed by atoms with Crippen molar-refractivity contribution in [1.29, 1.82) is 0 Å². The van der Waals surface area contributed by atoms with Gasteiger partial charge in [0.25, 0.3) is 0 Å². The minimum Gasteiger partial charge on any atom is -0.223 e. The Bertz CT molecular complexity index is 427. The van der Waals surface area contributed by atoms with Crippen LogP contribution in [0.4, 0.5) is 0 Å². The number of hydrogen-bond donors (Lipinski definition) is 0. The minimum absolute atomic E-state index is 0.180. The van der Waals surface area contributed by atoms with Crippen LogP contribution in [-0.4, -0.2) is 17.6 Å². The first-order valence-electron chi connectivity index (χ1n) is 5.05. The third-order valence-corrected chi connectivity index (χ3v) is 7.11. The number of hydrogen-bond acceptors (Lipinski definition) is 2. The van der Waals surface area contributed by atoms with E-state index in [0.29, 0.717) is 4.90 Å². The highest BCUT2D eigenvalue weighted by molar-refractivity contribution is 14.1. The molecule has 1 fully saturated rings. The summed E-state index contributed by atoms with van der Waals surface area (Å²) in [4.78, 5) is 0.471. The van der Waals surface area contributed by atoms with Crippen LogP contribution in [0.2, 0.25) is 0 Å². The molecule has 2 nitrogen and oxygen atoms in total. The van der Waals surface area contributed by atoms with E-state index >= 15 is 0 Å². The third-order valence-electron chi connectivity index (χ3n) is 2.84. The van der Waals surface area contributed by atoms with Crippen LogP contribution < -0.4 is 0 Å². The van der Waals surface area contributed by atoms with E-state index in [4.69, 9.17) is 0 Å². The van der Waals surface area contributed by atoms with Crippen LogP contribution in [0.1, 0.15) is 19.3 Å². The zero-order valence-corrected chi connectivity index (χ0v) is 11.2. The first kappa shape index (κ1) is 11.4. The molecule has 2 unspecified atom stereocenters. The maximum Gasteiger partial charge on any atom is 0.182 e. The van der Waals surface area contributed by atoms with Gasteiger partial charge in [-0.15, -0.1) is 0 Å². The lowest BCUT2D eigenvalue weighted by molar-refractivity contribution is 0.582. The molecule has 0 aliphatic heterocycles. The monoisotopic (exact) mass is 336 g/mol. The molecule has 0 amide bonds. The largest absolute Gasteiger partial charge is 0.223 e. The summed E-state index contributed by atoms with van der Waals surface area (Å²) in [5, 5.41) is -0.180. The van der Waals surface area contributed by atoms with Crippen molar-refractivity contribution in [2.45, 2.75) is 33.3 Å². The van der Waals surface area contributed by atoms with Crippen molar-refractivity contribution in [3.05, 3.63) is 30.3 Å². The second-order valence-electron chi connectivity index (χ2n) is 3.84. The van der Waals surface area contributed by atoms with Crippen LogP contribution >= 0.6 is 22.6 Å². The molecule has 82 valence electrons. The molecule has 15 heavy (non-hydrogen) atoms. The van der Waals surface area contributed by atoms with Crippen LogP contribution in [0.5, 0.6) is 0 Å². The molecule has 0 saturated heterocycles. The normalized spacial score (nSPS) is 26.7. The number of sulfone groups is 1. The summed E-state index contributed by atoms with van der Waals surface area (Å²) in [6.07, 6.45) is 2.87. The summed E-state index contributed by atoms with van der Waals surface area (Å²) >= 11 is 2.27. The molecule has 2 rings (SSSR count). The number of benzene rings is 1. The summed E-state index contributed by atoms with van der Waals surface area (Å²) < 4.78 is 24.8. The molecule has 0 aromatic heterocycles. The molecule has 0 heterocycles. The molecule has 1 aliphatic carbocycles. The average molecular weight is 336 g/mol. The SMILES string of the molecule is O=S(=O)(c1ccccc1)C1CCCC1I. The predicted octanol–water partition coefficient (Wildman–Crippen LogP) is 2.82. The Morgan fingerprint density at radius 2 is 1.80 bits per heavy atom. The molecule has 1 aliphatic rings. The molecular formula is C11H13IO2S. The van der Waals surface area contributed by atoms with Gasteiger partial charge in [-0.2, -0.15) is 0 Å². The van der Waals surface area contributed by atoms with Crippen LogP contribution in [0.25, 0.3) is 0 Å². The number of halogens is 1. The fourth-order valence-corrected chi connectivity index (χ4v) is 5.86. The van der Waals surface area contributed by atoms with Crippen molar-refractivity contribution >= 4 is 32.4 Å². The van der Waals surface area contributed by atoms with E-state index < -0.39 is 9.84 Å². The van der Waals surface area contributed by atoms with Gasteiger partial charge in [0.05, 0.1) is 10.1 Å². The molecular weight excluding hydrogens is 323 g/mol. The Labute approximate surface area is 104 Å². The van der Waals surface area contributed by atoms with Gasteiger partial charge >= 0.3 is 0 Å². The van der Waals surface area contributed by atoms with Crippen LogP contribution in [-0.2, 0) is 9.84 Å². The lowest BCUT2D eigenvalue weighted by atomic mass is 10.4. The van der Waals surface area contributed by atoms with Crippen molar-refractivity contribution in [3.63, 3.8) is 0 Å². The third kappa shape index (κ3) is 2.20. The van der Waals surface area contributed by atoms with E-state index in [1.54, 1.807) is 24.3 Å². The Morgan fingerprint density at radius 3 is 2.33 bits per heavy atom. The fourth-order valence-electron chi connectivity index (χ4n) is 2.02. The van der Waals surface area contributed by atoms with Crippen molar-refractivity contribution in [3.8, 4) is 0 Å². The molecule has 1 aromatic rings. The van der Waals surface area contributed by atoms with Crippen LogP contribution in [0, 0.1) is 0 Å². The smallest absolute Gasteiger partial charge is 0.182 e. The van der Waals surface area contributed by atoms with Gasteiger partial charge in [0.2, 0.25) is 0 Å². The van der Waals surface area contributed by atoms with Crippen molar-refractivity contribution in [2.75, 3.05) is 0 Å². The maximum atomic E-state index is 12.2. The van der Waals surface area contributed by atoms with Gasteiger partial charge in [-0.25, -0.2) is 8.42 Å². The van der Waals surface area contributed by atoms with Crippen molar-refractivity contribution in [1.82, 2.24) is 0 Å². The van der Waals surface area contributed by atoms with Crippen molar-refractivity contribution in [2.24, 2.45) is 0 Å². The summed E-state index contributed by atoms with van der Waals surface area (Å²) in [6, 6.07) is 8.79. The molecule has 1 aromatic carbocycles. The molecule has 0 N–H and O–H groups in total. The molecule has 0 bridgehead atoms. The van der Waals surface area contributed by atoms with Gasteiger partial charge in [-0.3, -0.25) is 0 Å². The molecule has 2 atom stereocenters. The Balaban J connectivity index is 2.35. The van der Waals surface area contributed by atoms with E-state index in [1.807, 2.05) is 6.07 Å². The van der Waals surface area contributed by atoms with E-state index in [2.05, 4.69) is 22.6 Å². The van der Waals surface area contributed by atoms with E-state index in [9.17, 15) is 8.42 Å². The van der Waals surface area contributed by atoms with Gasteiger partial charge in [0.1, 0.15) is 0 Å². The minimum atomic E-state index is -3.10. The van der Waals surface area contributed by atoms with Gasteiger partial charge in [-0.1, -0.05) is 47.2 Å². The van der Waals surface area contributed by atoms with Crippen LogP contribution in [0.3, 0.4) is 0 Å². The van der Waals surface area contributed by atoms with Gasteiger partial charge in [-0.05, 0) is 25.0 Å². The lowest BCUT2D eigenvalue weighted by Crippen LogP contribution is -2.25. The molecule has 0 spiro atoms. The second kappa shape index (κ2) is 4.41. The van der Waals surface area contributed by atoms with E-state index in [0.717, 1.165) is 19.3 Å². The highest BCUT2D eigenvalue weighted by Crippen LogP contribution is 2.34. The predicted molar refractivity (Wildman–Crippen MR) is 69.1 cm³/mol. The zero-order valence-electron chi connectivity index (χ0n) is 8.27. The van der Waals surface area contributed by atoms with Gasteiger partial charge < -0.3 is 0 Å². The first-order valence-corrected chi connectivity index (χ1v) is 7.84. The summed E-state index contributed by atoms with van der Waals surface area (Å²) in [5.74, 6) is 0. The summed E-state index contributed by atoms with van der Waals surface area (Å²) in [7, 11) is -3.10. The van der Waals surface area contributed by atoms with Crippen LogP contribution in [0.15, 0.2) is 35.2 Å². The van der Waals surface area contributed by atoms with Crippen molar-refractivity contribution < 1.29 is 8.42 Å². The first-order chi connectivity index (χ1) is 7.12. The topological polar surface area (TPSA) is 34.1 Å². The summed E-state index contributed by atoms with van der Waals surface area (Å²) in [5.41, 5.74) is 0. The quantitative estimate of drug-likeness (QED) is 0.615.